The summed E-state index contributed by atoms with van der Waals surface area (Å²) in [7, 11) is -0.511. The van der Waals surface area contributed by atoms with Gasteiger partial charge < -0.3 is 0 Å². The Hall–Kier alpha value is 0.500. The smallest absolute Gasteiger partial charge is 0.0908 e. The van der Waals surface area contributed by atoms with Crippen molar-refractivity contribution in [3.63, 3.8) is 0 Å². The van der Waals surface area contributed by atoms with E-state index in [2.05, 4.69) is 0 Å². The first-order valence-electron chi connectivity index (χ1n) is 4.36. The van der Waals surface area contributed by atoms with E-state index in [0.717, 1.165) is 5.75 Å². The van der Waals surface area contributed by atoms with Gasteiger partial charge in [-0.25, -0.2) is 0 Å². The molecule has 1 heterocycles. The monoisotopic (exact) mass is 190 g/mol. The number of rotatable bonds is 0. The Bertz CT molecular complexity index is 173. The van der Waals surface area contributed by atoms with Gasteiger partial charge in [-0.3, -0.25) is 4.21 Å². The molecule has 2 aliphatic rings. The molecule has 0 aromatic carbocycles. The van der Waals surface area contributed by atoms with Crippen LogP contribution in [0.25, 0.3) is 0 Å². The highest BCUT2D eigenvalue weighted by atomic mass is 32.2. The third-order valence-electron chi connectivity index (χ3n) is 2.62. The van der Waals surface area contributed by atoms with Crippen molar-refractivity contribution in [2.75, 3.05) is 11.5 Å². The molecule has 0 aromatic heterocycles. The summed E-state index contributed by atoms with van der Waals surface area (Å²) in [5.41, 5.74) is 0. The second-order valence-corrected chi connectivity index (χ2v) is 6.99. The van der Waals surface area contributed by atoms with Gasteiger partial charge in [0.05, 0.1) is 4.08 Å². The predicted octanol–water partition coefficient (Wildman–Crippen LogP) is 2.14. The molecule has 1 aliphatic heterocycles. The van der Waals surface area contributed by atoms with E-state index in [0.29, 0.717) is 0 Å². The van der Waals surface area contributed by atoms with Gasteiger partial charge in [-0.1, -0.05) is 12.8 Å². The van der Waals surface area contributed by atoms with Gasteiger partial charge >= 0.3 is 0 Å². The largest absolute Gasteiger partial charge is 0.258 e. The van der Waals surface area contributed by atoms with E-state index < -0.39 is 10.8 Å². The fraction of sp³-hybridized carbons (Fsp3) is 1.00. The van der Waals surface area contributed by atoms with Gasteiger partial charge in [0.25, 0.3) is 0 Å². The summed E-state index contributed by atoms with van der Waals surface area (Å²) in [5.74, 6) is 2.21. The molecule has 2 rings (SSSR count). The average Bonchev–Trinajstić information content (AvgIpc) is 2.46. The van der Waals surface area contributed by atoms with Crippen molar-refractivity contribution in [3.8, 4) is 0 Å². The van der Waals surface area contributed by atoms with Gasteiger partial charge in [0.2, 0.25) is 0 Å². The lowest BCUT2D eigenvalue weighted by atomic mass is 10.4. The molecule has 0 bridgehead atoms. The molecule has 1 unspecified atom stereocenters. The Morgan fingerprint density at radius 3 is 2.55 bits per heavy atom. The van der Waals surface area contributed by atoms with Crippen molar-refractivity contribution in [1.29, 1.82) is 0 Å². The fourth-order valence-corrected chi connectivity index (χ4v) is 5.95. The van der Waals surface area contributed by atoms with E-state index in [4.69, 9.17) is 0 Å². The van der Waals surface area contributed by atoms with E-state index in [1.807, 2.05) is 11.8 Å². The first kappa shape index (κ1) is 8.11. The molecule has 1 spiro atoms. The number of thioether (sulfide) groups is 1. The Labute approximate surface area is 74.8 Å². The third-order valence-corrected chi connectivity index (χ3v) is 6.86. The van der Waals surface area contributed by atoms with Gasteiger partial charge in [0.1, 0.15) is 0 Å². The molecule has 3 heteroatoms. The average molecular weight is 190 g/mol. The van der Waals surface area contributed by atoms with Crippen molar-refractivity contribution in [3.05, 3.63) is 0 Å². The lowest BCUT2D eigenvalue weighted by molar-refractivity contribution is 0.656. The van der Waals surface area contributed by atoms with Crippen LogP contribution in [0.1, 0.15) is 32.1 Å². The second-order valence-electron chi connectivity index (χ2n) is 3.37. The summed E-state index contributed by atoms with van der Waals surface area (Å²) >= 11 is 1.98. The molecule has 1 nitrogen and oxygen atoms in total. The molecule has 1 aliphatic carbocycles. The quantitative estimate of drug-likeness (QED) is 0.582. The Balaban J connectivity index is 2.13. The summed E-state index contributed by atoms with van der Waals surface area (Å²) in [6, 6.07) is 0. The van der Waals surface area contributed by atoms with E-state index in [1.165, 1.54) is 37.9 Å². The zero-order valence-electron chi connectivity index (χ0n) is 6.67. The van der Waals surface area contributed by atoms with Crippen LogP contribution >= 0.6 is 11.8 Å². The Morgan fingerprint density at radius 2 is 1.91 bits per heavy atom. The molecule has 0 radical (unpaired) electrons. The van der Waals surface area contributed by atoms with Gasteiger partial charge in [0, 0.05) is 16.6 Å². The zero-order chi connectivity index (χ0) is 7.73. The fourth-order valence-electron chi connectivity index (χ4n) is 1.99. The SMILES string of the molecule is O=S1CCCSC12CCCC2. The zero-order valence-corrected chi connectivity index (χ0v) is 8.31. The van der Waals surface area contributed by atoms with Gasteiger partial charge in [-0.15, -0.1) is 11.8 Å². The van der Waals surface area contributed by atoms with E-state index in [9.17, 15) is 4.21 Å². The van der Waals surface area contributed by atoms with Crippen molar-refractivity contribution in [2.24, 2.45) is 0 Å². The molecule has 11 heavy (non-hydrogen) atoms. The van der Waals surface area contributed by atoms with Crippen LogP contribution in [-0.4, -0.2) is 19.8 Å². The molecule has 0 N–H and O–H groups in total. The summed E-state index contributed by atoms with van der Waals surface area (Å²) < 4.78 is 11.9. The number of hydrogen-bond donors (Lipinski definition) is 0. The first-order valence-corrected chi connectivity index (χ1v) is 6.66. The van der Waals surface area contributed by atoms with E-state index in [1.54, 1.807) is 0 Å². The minimum Gasteiger partial charge on any atom is -0.258 e. The van der Waals surface area contributed by atoms with Gasteiger partial charge in [-0.2, -0.15) is 0 Å². The molecule has 0 aromatic rings. The van der Waals surface area contributed by atoms with Crippen LogP contribution < -0.4 is 0 Å². The summed E-state index contributed by atoms with van der Waals surface area (Å²) in [6.45, 7) is 0. The normalized spacial score (nSPS) is 36.2. The van der Waals surface area contributed by atoms with Crippen LogP contribution in [0.3, 0.4) is 0 Å². The highest BCUT2D eigenvalue weighted by molar-refractivity contribution is 8.13. The lowest BCUT2D eigenvalue weighted by Gasteiger charge is -2.31. The summed E-state index contributed by atoms with van der Waals surface area (Å²) in [4.78, 5) is 0. The third kappa shape index (κ3) is 1.37. The highest BCUT2D eigenvalue weighted by Gasteiger charge is 2.41. The Kier molecular flexibility index (Phi) is 2.28. The van der Waals surface area contributed by atoms with Crippen molar-refractivity contribution >= 4 is 22.6 Å². The molecule has 1 atom stereocenters. The van der Waals surface area contributed by atoms with Crippen LogP contribution in [0.4, 0.5) is 0 Å². The minimum absolute atomic E-state index is 0.220. The van der Waals surface area contributed by atoms with Crippen molar-refractivity contribution < 1.29 is 4.21 Å². The predicted molar refractivity (Wildman–Crippen MR) is 51.3 cm³/mol. The topological polar surface area (TPSA) is 17.1 Å². The standard InChI is InChI=1S/C8H14OS2/c9-11-7-3-6-10-8(11)4-1-2-5-8/h1-7H2. The minimum atomic E-state index is -0.511. The van der Waals surface area contributed by atoms with Gasteiger partial charge in [-0.05, 0) is 25.0 Å². The maximum atomic E-state index is 11.7. The van der Waals surface area contributed by atoms with Crippen molar-refractivity contribution in [1.82, 2.24) is 0 Å². The van der Waals surface area contributed by atoms with Gasteiger partial charge in [0.15, 0.2) is 0 Å². The first-order chi connectivity index (χ1) is 5.33. The van der Waals surface area contributed by atoms with E-state index in [-0.39, 0.29) is 4.08 Å². The van der Waals surface area contributed by atoms with Crippen LogP contribution in [0, 0.1) is 0 Å². The second kappa shape index (κ2) is 3.09. The van der Waals surface area contributed by atoms with Crippen molar-refractivity contribution in [2.45, 2.75) is 36.2 Å². The Morgan fingerprint density at radius 1 is 1.18 bits per heavy atom. The highest BCUT2D eigenvalue weighted by Crippen LogP contribution is 2.46. The molecule has 1 saturated carbocycles. The van der Waals surface area contributed by atoms with Crippen LogP contribution in [0.15, 0.2) is 0 Å². The molecule has 2 fully saturated rings. The molecular formula is C8H14OS2. The maximum absolute atomic E-state index is 11.7. The lowest BCUT2D eigenvalue weighted by Crippen LogP contribution is -2.32. The van der Waals surface area contributed by atoms with Crippen LogP contribution in [-0.2, 0) is 10.8 Å². The van der Waals surface area contributed by atoms with Crippen LogP contribution in [0.5, 0.6) is 0 Å². The molecular weight excluding hydrogens is 176 g/mol. The van der Waals surface area contributed by atoms with Crippen LogP contribution in [0.2, 0.25) is 0 Å². The molecule has 1 saturated heterocycles. The summed E-state index contributed by atoms with van der Waals surface area (Å²) in [5, 5.41) is 0. The molecule has 0 amide bonds. The van der Waals surface area contributed by atoms with E-state index >= 15 is 0 Å². The number of hydrogen-bond acceptors (Lipinski definition) is 2. The summed E-state index contributed by atoms with van der Waals surface area (Å²) in [6.07, 6.45) is 6.20. The molecule has 64 valence electrons. The maximum Gasteiger partial charge on any atom is 0.0908 e.